The Labute approximate surface area is 173 Å². The second-order valence-electron chi connectivity index (χ2n) is 6.71. The Morgan fingerprint density at radius 3 is 2.86 bits per heavy atom. The standard InChI is InChI=1S/C18H22N4O4S.ClH/c1-26-12-18(5-7-19-8-6-18)11-20-16(23)15-10-27-17(21-15)13-3-2-4-14(9-13)22(24)25;/h2-4,9-10,19H,5-8,11-12H2,1H3,(H,20,23);1H. The normalized spacial score (nSPS) is 15.5. The van der Waals surface area contributed by atoms with Gasteiger partial charge in [0.2, 0.25) is 0 Å². The Kier molecular flexibility index (Phi) is 7.88. The van der Waals surface area contributed by atoms with Crippen molar-refractivity contribution in [1.29, 1.82) is 0 Å². The third-order valence-electron chi connectivity index (χ3n) is 4.78. The van der Waals surface area contributed by atoms with Crippen LogP contribution in [-0.2, 0) is 4.74 Å². The predicted molar refractivity (Wildman–Crippen MR) is 110 cm³/mol. The first kappa shape index (κ1) is 22.2. The zero-order valence-corrected chi connectivity index (χ0v) is 17.1. The number of halogens is 1. The minimum Gasteiger partial charge on any atom is -0.384 e. The van der Waals surface area contributed by atoms with E-state index in [4.69, 9.17) is 4.74 Å². The molecule has 0 unspecified atom stereocenters. The molecule has 0 bridgehead atoms. The van der Waals surface area contributed by atoms with Crippen molar-refractivity contribution in [2.45, 2.75) is 12.8 Å². The molecule has 152 valence electrons. The lowest BCUT2D eigenvalue weighted by Crippen LogP contribution is -2.47. The molecule has 2 heterocycles. The molecule has 1 amide bonds. The van der Waals surface area contributed by atoms with Gasteiger partial charge in [-0.2, -0.15) is 0 Å². The highest BCUT2D eigenvalue weighted by atomic mass is 35.5. The highest BCUT2D eigenvalue weighted by Crippen LogP contribution is 2.29. The van der Waals surface area contributed by atoms with Gasteiger partial charge >= 0.3 is 0 Å². The molecule has 10 heteroatoms. The average Bonchev–Trinajstić information content (AvgIpc) is 3.18. The molecule has 2 aromatic rings. The number of rotatable bonds is 7. The number of nitro groups is 1. The zero-order valence-electron chi connectivity index (χ0n) is 15.5. The second-order valence-corrected chi connectivity index (χ2v) is 7.57. The van der Waals surface area contributed by atoms with Crippen molar-refractivity contribution in [3.8, 4) is 10.6 Å². The number of nitrogens with one attached hydrogen (secondary N) is 2. The molecule has 0 spiro atoms. The van der Waals surface area contributed by atoms with Gasteiger partial charge in [0, 0.05) is 42.1 Å². The molecule has 1 fully saturated rings. The molecule has 2 N–H and O–H groups in total. The summed E-state index contributed by atoms with van der Waals surface area (Å²) in [5.74, 6) is -0.239. The molecule has 0 aliphatic carbocycles. The summed E-state index contributed by atoms with van der Waals surface area (Å²) >= 11 is 1.29. The number of nitrogens with zero attached hydrogens (tertiary/aromatic N) is 2. The number of hydrogen-bond acceptors (Lipinski definition) is 7. The van der Waals surface area contributed by atoms with Crippen molar-refractivity contribution in [1.82, 2.24) is 15.6 Å². The van der Waals surface area contributed by atoms with Gasteiger partial charge in [-0.3, -0.25) is 14.9 Å². The lowest BCUT2D eigenvalue weighted by Gasteiger charge is -2.37. The number of ether oxygens (including phenoxy) is 1. The van der Waals surface area contributed by atoms with Crippen LogP contribution in [-0.4, -0.2) is 49.2 Å². The van der Waals surface area contributed by atoms with Crippen LogP contribution in [0.15, 0.2) is 29.6 Å². The molecule has 1 aromatic heterocycles. The van der Waals surface area contributed by atoms with Gasteiger partial charge in [-0.25, -0.2) is 4.98 Å². The van der Waals surface area contributed by atoms with Crippen LogP contribution in [0, 0.1) is 15.5 Å². The summed E-state index contributed by atoms with van der Waals surface area (Å²) < 4.78 is 5.37. The first-order valence-corrected chi connectivity index (χ1v) is 9.59. The molecule has 28 heavy (non-hydrogen) atoms. The van der Waals surface area contributed by atoms with Crippen molar-refractivity contribution in [2.24, 2.45) is 5.41 Å². The van der Waals surface area contributed by atoms with E-state index in [9.17, 15) is 14.9 Å². The van der Waals surface area contributed by atoms with Crippen LogP contribution in [0.4, 0.5) is 5.69 Å². The summed E-state index contributed by atoms with van der Waals surface area (Å²) in [6, 6.07) is 6.25. The molecular formula is C18H23ClN4O4S. The highest BCUT2D eigenvalue weighted by Gasteiger charge is 2.32. The van der Waals surface area contributed by atoms with Crippen LogP contribution >= 0.6 is 23.7 Å². The number of thiazole rings is 1. The SMILES string of the molecule is COCC1(CNC(=O)c2csc(-c3cccc([N+](=O)[O-])c3)n2)CCNCC1.Cl. The van der Waals surface area contributed by atoms with E-state index in [1.54, 1.807) is 24.6 Å². The van der Waals surface area contributed by atoms with E-state index in [0.717, 1.165) is 25.9 Å². The van der Waals surface area contributed by atoms with E-state index in [0.29, 0.717) is 29.4 Å². The molecule has 1 aliphatic rings. The van der Waals surface area contributed by atoms with Gasteiger partial charge in [0.25, 0.3) is 11.6 Å². The number of aromatic nitrogens is 1. The molecule has 0 saturated carbocycles. The minimum absolute atomic E-state index is 0. The fourth-order valence-electron chi connectivity index (χ4n) is 3.26. The Morgan fingerprint density at radius 1 is 1.43 bits per heavy atom. The van der Waals surface area contributed by atoms with Crippen LogP contribution < -0.4 is 10.6 Å². The summed E-state index contributed by atoms with van der Waals surface area (Å²) in [5.41, 5.74) is 0.890. The summed E-state index contributed by atoms with van der Waals surface area (Å²) in [6.45, 7) is 2.95. The quantitative estimate of drug-likeness (QED) is 0.520. The maximum Gasteiger partial charge on any atom is 0.270 e. The minimum atomic E-state index is -0.445. The van der Waals surface area contributed by atoms with E-state index in [-0.39, 0.29) is 29.4 Å². The first-order chi connectivity index (χ1) is 13.0. The fraction of sp³-hybridized carbons (Fsp3) is 0.444. The van der Waals surface area contributed by atoms with Crippen LogP contribution in [0.1, 0.15) is 23.3 Å². The van der Waals surface area contributed by atoms with Crippen molar-refractivity contribution in [3.05, 3.63) is 45.5 Å². The summed E-state index contributed by atoms with van der Waals surface area (Å²) in [5, 5.41) is 19.5. The van der Waals surface area contributed by atoms with E-state index in [2.05, 4.69) is 15.6 Å². The highest BCUT2D eigenvalue weighted by molar-refractivity contribution is 7.13. The number of nitro benzene ring substituents is 1. The molecule has 1 saturated heterocycles. The van der Waals surface area contributed by atoms with E-state index in [1.807, 2.05) is 0 Å². The van der Waals surface area contributed by atoms with Crippen LogP contribution in [0.25, 0.3) is 10.6 Å². The van der Waals surface area contributed by atoms with Gasteiger partial charge in [-0.05, 0) is 25.9 Å². The Bertz CT molecular complexity index is 818. The summed E-state index contributed by atoms with van der Waals surface area (Å²) in [4.78, 5) is 27.4. The zero-order chi connectivity index (χ0) is 19.3. The van der Waals surface area contributed by atoms with Crippen LogP contribution in [0.5, 0.6) is 0 Å². The molecule has 0 radical (unpaired) electrons. The molecule has 1 aromatic carbocycles. The van der Waals surface area contributed by atoms with Crippen molar-refractivity contribution >= 4 is 35.3 Å². The number of benzene rings is 1. The summed E-state index contributed by atoms with van der Waals surface area (Å²) in [7, 11) is 1.68. The third-order valence-corrected chi connectivity index (χ3v) is 5.67. The number of piperidine rings is 1. The van der Waals surface area contributed by atoms with Crippen LogP contribution in [0.3, 0.4) is 0 Å². The number of carbonyl (C=O) groups excluding carboxylic acids is 1. The van der Waals surface area contributed by atoms with Crippen LogP contribution in [0.2, 0.25) is 0 Å². The van der Waals surface area contributed by atoms with Crippen molar-refractivity contribution in [2.75, 3.05) is 33.4 Å². The van der Waals surface area contributed by atoms with E-state index < -0.39 is 4.92 Å². The van der Waals surface area contributed by atoms with Gasteiger partial charge in [0.1, 0.15) is 10.7 Å². The second kappa shape index (κ2) is 9.92. The maximum absolute atomic E-state index is 12.5. The monoisotopic (exact) mass is 426 g/mol. The largest absolute Gasteiger partial charge is 0.384 e. The summed E-state index contributed by atoms with van der Waals surface area (Å²) in [6.07, 6.45) is 1.88. The molecule has 8 nitrogen and oxygen atoms in total. The van der Waals surface area contributed by atoms with Gasteiger partial charge < -0.3 is 15.4 Å². The van der Waals surface area contributed by atoms with Gasteiger partial charge in [0.05, 0.1) is 11.5 Å². The lowest BCUT2D eigenvalue weighted by atomic mass is 9.79. The average molecular weight is 427 g/mol. The van der Waals surface area contributed by atoms with Gasteiger partial charge in [0.15, 0.2) is 0 Å². The fourth-order valence-corrected chi connectivity index (χ4v) is 4.05. The van der Waals surface area contributed by atoms with E-state index >= 15 is 0 Å². The van der Waals surface area contributed by atoms with Crippen molar-refractivity contribution in [3.63, 3.8) is 0 Å². The Balaban J connectivity index is 0.00000280. The maximum atomic E-state index is 12.5. The number of amides is 1. The molecule has 0 atom stereocenters. The number of non-ortho nitro benzene ring substituents is 1. The van der Waals surface area contributed by atoms with Gasteiger partial charge in [-0.15, -0.1) is 23.7 Å². The Hall–Kier alpha value is -2.07. The molecular weight excluding hydrogens is 404 g/mol. The smallest absolute Gasteiger partial charge is 0.270 e. The molecule has 3 rings (SSSR count). The lowest BCUT2D eigenvalue weighted by molar-refractivity contribution is -0.384. The van der Waals surface area contributed by atoms with Crippen molar-refractivity contribution < 1.29 is 14.5 Å². The third kappa shape index (κ3) is 5.26. The Morgan fingerprint density at radius 2 is 2.18 bits per heavy atom. The topological polar surface area (TPSA) is 106 Å². The predicted octanol–water partition coefficient (Wildman–Crippen LogP) is 2.89. The van der Waals surface area contributed by atoms with Gasteiger partial charge in [-0.1, -0.05) is 12.1 Å². The number of carbonyl (C=O) groups is 1. The number of hydrogen-bond donors (Lipinski definition) is 2. The first-order valence-electron chi connectivity index (χ1n) is 8.71. The van der Waals surface area contributed by atoms with E-state index in [1.165, 1.54) is 23.5 Å². The number of methoxy groups -OCH3 is 1. The molecule has 1 aliphatic heterocycles.